The number of benzene rings is 1. The van der Waals surface area contributed by atoms with E-state index < -0.39 is 0 Å². The van der Waals surface area contributed by atoms with Crippen LogP contribution in [0.2, 0.25) is 0 Å². The molecule has 2 N–H and O–H groups in total. The molecule has 1 heterocycles. The highest BCUT2D eigenvalue weighted by atomic mass is 16.3. The molecule has 0 aliphatic heterocycles. The minimum absolute atomic E-state index is 0.0991. The van der Waals surface area contributed by atoms with E-state index in [-0.39, 0.29) is 17.7 Å². The van der Waals surface area contributed by atoms with Crippen molar-refractivity contribution in [1.29, 1.82) is 0 Å². The maximum Gasteiger partial charge on any atom is 0.251 e. The first kappa shape index (κ1) is 24.2. The lowest BCUT2D eigenvalue weighted by molar-refractivity contribution is -0.131. The topological polar surface area (TPSA) is 91.7 Å². The molecule has 0 spiro atoms. The zero-order chi connectivity index (χ0) is 22.5. The Hall–Kier alpha value is -3.09. The van der Waals surface area contributed by atoms with Gasteiger partial charge >= 0.3 is 0 Å². The normalized spacial score (nSPS) is 10.5. The maximum absolute atomic E-state index is 12.3. The van der Waals surface area contributed by atoms with Gasteiger partial charge in [-0.1, -0.05) is 26.0 Å². The van der Waals surface area contributed by atoms with E-state index in [2.05, 4.69) is 24.5 Å². The van der Waals surface area contributed by atoms with Crippen LogP contribution in [0.15, 0.2) is 47.1 Å². The molecule has 168 valence electrons. The Labute approximate surface area is 184 Å². The van der Waals surface area contributed by atoms with Crippen molar-refractivity contribution < 1.29 is 18.8 Å². The van der Waals surface area contributed by atoms with Crippen LogP contribution in [0.5, 0.6) is 0 Å². The standard InChI is InChI=1S/C24H33N3O4/c1-3-13-27(14-4-2)23(29)12-6-11-22(28)25-17-19-8-5-9-20(16-19)24(30)26-18-21-10-7-15-31-21/h5,7-10,15-16H,3-4,6,11-14,17-18H2,1-2H3,(H,25,28)(H,26,30). The number of hydrogen-bond acceptors (Lipinski definition) is 4. The molecular formula is C24H33N3O4. The van der Waals surface area contributed by atoms with Crippen molar-refractivity contribution >= 4 is 17.7 Å². The van der Waals surface area contributed by atoms with Crippen molar-refractivity contribution in [3.05, 3.63) is 59.5 Å². The molecule has 0 saturated carbocycles. The largest absolute Gasteiger partial charge is 0.467 e. The Morgan fingerprint density at radius 2 is 1.71 bits per heavy atom. The lowest BCUT2D eigenvalue weighted by Crippen LogP contribution is -2.32. The molecule has 0 saturated heterocycles. The zero-order valence-corrected chi connectivity index (χ0v) is 18.5. The zero-order valence-electron chi connectivity index (χ0n) is 18.5. The Bertz CT molecular complexity index is 827. The van der Waals surface area contributed by atoms with Gasteiger partial charge in [0.05, 0.1) is 12.8 Å². The Balaban J connectivity index is 1.73. The van der Waals surface area contributed by atoms with E-state index in [1.165, 1.54) is 0 Å². The average molecular weight is 428 g/mol. The van der Waals surface area contributed by atoms with E-state index >= 15 is 0 Å². The van der Waals surface area contributed by atoms with E-state index in [1.807, 2.05) is 11.0 Å². The predicted octanol–water partition coefficient (Wildman–Crippen LogP) is 3.64. The minimum Gasteiger partial charge on any atom is -0.467 e. The Morgan fingerprint density at radius 3 is 2.39 bits per heavy atom. The molecule has 0 fully saturated rings. The predicted molar refractivity (Wildman–Crippen MR) is 119 cm³/mol. The molecule has 2 rings (SSSR count). The van der Waals surface area contributed by atoms with Gasteiger partial charge in [-0.25, -0.2) is 0 Å². The molecule has 1 aromatic carbocycles. The molecule has 1 aromatic heterocycles. The SMILES string of the molecule is CCCN(CCC)C(=O)CCCC(=O)NCc1cccc(C(=O)NCc2ccco2)c1. The molecule has 0 aliphatic carbocycles. The van der Waals surface area contributed by atoms with Crippen molar-refractivity contribution in [2.24, 2.45) is 0 Å². The molecule has 0 unspecified atom stereocenters. The van der Waals surface area contributed by atoms with Crippen LogP contribution in [0.4, 0.5) is 0 Å². The smallest absolute Gasteiger partial charge is 0.251 e. The van der Waals surface area contributed by atoms with Gasteiger partial charge < -0.3 is 20.0 Å². The molecular weight excluding hydrogens is 394 g/mol. The van der Waals surface area contributed by atoms with Crippen LogP contribution in [0, 0.1) is 0 Å². The highest BCUT2D eigenvalue weighted by Gasteiger charge is 2.12. The highest BCUT2D eigenvalue weighted by Crippen LogP contribution is 2.08. The molecule has 31 heavy (non-hydrogen) atoms. The van der Waals surface area contributed by atoms with Crippen LogP contribution in [0.25, 0.3) is 0 Å². The quantitative estimate of drug-likeness (QED) is 0.510. The number of rotatable bonds is 13. The third-order valence-corrected chi connectivity index (χ3v) is 4.82. The van der Waals surface area contributed by atoms with E-state index in [0.717, 1.165) is 31.5 Å². The fourth-order valence-electron chi connectivity index (χ4n) is 3.25. The van der Waals surface area contributed by atoms with Gasteiger partial charge in [0, 0.05) is 38.0 Å². The Morgan fingerprint density at radius 1 is 0.935 bits per heavy atom. The van der Waals surface area contributed by atoms with Crippen molar-refractivity contribution in [1.82, 2.24) is 15.5 Å². The minimum atomic E-state index is -0.202. The number of nitrogens with one attached hydrogen (secondary N) is 2. The number of carbonyl (C=O) groups is 3. The van der Waals surface area contributed by atoms with E-state index in [0.29, 0.717) is 43.7 Å². The fraction of sp³-hybridized carbons (Fsp3) is 0.458. The van der Waals surface area contributed by atoms with E-state index in [1.54, 1.807) is 36.6 Å². The molecule has 0 radical (unpaired) electrons. The average Bonchev–Trinajstić information content (AvgIpc) is 3.29. The van der Waals surface area contributed by atoms with Gasteiger partial charge in [0.1, 0.15) is 5.76 Å². The number of nitrogens with zero attached hydrogens (tertiary/aromatic N) is 1. The lowest BCUT2D eigenvalue weighted by Gasteiger charge is -2.21. The lowest BCUT2D eigenvalue weighted by atomic mass is 10.1. The van der Waals surface area contributed by atoms with E-state index in [9.17, 15) is 14.4 Å². The summed E-state index contributed by atoms with van der Waals surface area (Å²) < 4.78 is 5.21. The van der Waals surface area contributed by atoms with Crippen LogP contribution in [-0.2, 0) is 22.7 Å². The van der Waals surface area contributed by atoms with Crippen LogP contribution in [-0.4, -0.2) is 35.7 Å². The van der Waals surface area contributed by atoms with Gasteiger partial charge in [-0.05, 0) is 49.1 Å². The molecule has 3 amide bonds. The summed E-state index contributed by atoms with van der Waals surface area (Å²) in [5.41, 5.74) is 1.36. The first-order valence-electron chi connectivity index (χ1n) is 11.0. The molecule has 0 aliphatic rings. The molecule has 0 atom stereocenters. The Kier molecular flexibility index (Phi) is 10.3. The van der Waals surface area contributed by atoms with Crippen molar-refractivity contribution in [2.75, 3.05) is 13.1 Å². The molecule has 2 aromatic rings. The van der Waals surface area contributed by atoms with Gasteiger partial charge in [0.15, 0.2) is 0 Å². The number of carbonyl (C=O) groups excluding carboxylic acids is 3. The summed E-state index contributed by atoms with van der Waals surface area (Å²) in [5.74, 6) is 0.498. The highest BCUT2D eigenvalue weighted by molar-refractivity contribution is 5.94. The third-order valence-electron chi connectivity index (χ3n) is 4.82. The summed E-state index contributed by atoms with van der Waals surface area (Å²) in [7, 11) is 0. The monoisotopic (exact) mass is 427 g/mol. The summed E-state index contributed by atoms with van der Waals surface area (Å²) in [5, 5.41) is 5.67. The van der Waals surface area contributed by atoms with Crippen LogP contribution < -0.4 is 10.6 Å². The van der Waals surface area contributed by atoms with Crippen LogP contribution in [0.3, 0.4) is 0 Å². The summed E-state index contributed by atoms with van der Waals surface area (Å²) in [6.45, 7) is 6.31. The van der Waals surface area contributed by atoms with Crippen molar-refractivity contribution in [3.8, 4) is 0 Å². The third kappa shape index (κ3) is 8.66. The number of hydrogen-bond donors (Lipinski definition) is 2. The fourth-order valence-corrected chi connectivity index (χ4v) is 3.25. The second-order valence-electron chi connectivity index (χ2n) is 7.47. The number of furan rings is 1. The van der Waals surface area contributed by atoms with Gasteiger partial charge in [0.2, 0.25) is 11.8 Å². The molecule has 7 heteroatoms. The van der Waals surface area contributed by atoms with Gasteiger partial charge in [-0.3, -0.25) is 14.4 Å². The van der Waals surface area contributed by atoms with Gasteiger partial charge in [0.25, 0.3) is 5.91 Å². The second kappa shape index (κ2) is 13.3. The first-order valence-corrected chi connectivity index (χ1v) is 11.0. The van der Waals surface area contributed by atoms with Crippen LogP contribution >= 0.6 is 0 Å². The van der Waals surface area contributed by atoms with Crippen LogP contribution in [0.1, 0.15) is 67.6 Å². The van der Waals surface area contributed by atoms with Crippen molar-refractivity contribution in [3.63, 3.8) is 0 Å². The summed E-state index contributed by atoms with van der Waals surface area (Å²) in [6.07, 6.45) is 4.66. The van der Waals surface area contributed by atoms with Gasteiger partial charge in [-0.2, -0.15) is 0 Å². The summed E-state index contributed by atoms with van der Waals surface area (Å²) in [6, 6.07) is 10.7. The number of amides is 3. The maximum atomic E-state index is 12.3. The first-order chi connectivity index (χ1) is 15.0. The molecule has 7 nitrogen and oxygen atoms in total. The van der Waals surface area contributed by atoms with Gasteiger partial charge in [-0.15, -0.1) is 0 Å². The second-order valence-corrected chi connectivity index (χ2v) is 7.47. The van der Waals surface area contributed by atoms with Crippen molar-refractivity contribution in [2.45, 2.75) is 59.0 Å². The summed E-state index contributed by atoms with van der Waals surface area (Å²) >= 11 is 0. The summed E-state index contributed by atoms with van der Waals surface area (Å²) in [4.78, 5) is 38.6. The molecule has 0 bridgehead atoms. The van der Waals surface area contributed by atoms with E-state index in [4.69, 9.17) is 4.42 Å².